The van der Waals surface area contributed by atoms with Crippen LogP contribution in [0.1, 0.15) is 6.92 Å². The van der Waals surface area contributed by atoms with Crippen molar-refractivity contribution in [1.29, 1.82) is 0 Å². The van der Waals surface area contributed by atoms with Gasteiger partial charge in [0.15, 0.2) is 11.5 Å². The molecule has 0 fully saturated rings. The summed E-state index contributed by atoms with van der Waals surface area (Å²) in [7, 11) is 0. The molecule has 0 bridgehead atoms. The highest BCUT2D eigenvalue weighted by atomic mass is 19.1. The van der Waals surface area contributed by atoms with Gasteiger partial charge in [0.2, 0.25) is 6.79 Å². The largest absolute Gasteiger partial charge is 0.454 e. The van der Waals surface area contributed by atoms with E-state index in [-0.39, 0.29) is 18.3 Å². The molecule has 2 aromatic carbocycles. The van der Waals surface area contributed by atoms with E-state index in [4.69, 9.17) is 9.47 Å². The van der Waals surface area contributed by atoms with Gasteiger partial charge in [-0.1, -0.05) is 0 Å². The Hall–Kier alpha value is -2.89. The molecule has 6 heteroatoms. The highest BCUT2D eigenvalue weighted by molar-refractivity contribution is 5.94. The zero-order valence-corrected chi connectivity index (χ0v) is 12.4. The first-order valence-electron chi connectivity index (χ1n) is 7.27. The van der Waals surface area contributed by atoms with Crippen LogP contribution in [0.15, 0.2) is 41.2 Å². The van der Waals surface area contributed by atoms with Gasteiger partial charge in [-0.25, -0.2) is 9.18 Å². The third-order valence-corrected chi connectivity index (χ3v) is 3.91. The van der Waals surface area contributed by atoms with Gasteiger partial charge in [-0.2, -0.15) is 4.98 Å². The average molecular weight is 312 g/mol. The van der Waals surface area contributed by atoms with Gasteiger partial charge < -0.3 is 9.47 Å². The molecule has 0 unspecified atom stereocenters. The lowest BCUT2D eigenvalue weighted by atomic mass is 10.1. The van der Waals surface area contributed by atoms with Crippen LogP contribution >= 0.6 is 0 Å². The second kappa shape index (κ2) is 5.08. The molecule has 1 aliphatic rings. The highest BCUT2D eigenvalue weighted by Gasteiger charge is 2.19. The van der Waals surface area contributed by atoms with Crippen molar-refractivity contribution < 1.29 is 13.9 Å². The van der Waals surface area contributed by atoms with Crippen molar-refractivity contribution in [3.05, 3.63) is 52.7 Å². The van der Waals surface area contributed by atoms with Crippen LogP contribution in [0, 0.1) is 5.82 Å². The summed E-state index contributed by atoms with van der Waals surface area (Å²) in [5.41, 5.74) is 1.55. The Labute approximate surface area is 130 Å². The van der Waals surface area contributed by atoms with E-state index in [1.807, 2.05) is 13.0 Å². The minimum absolute atomic E-state index is 0.154. The number of nitrogens with zero attached hydrogens (tertiary/aromatic N) is 2. The zero-order valence-electron chi connectivity index (χ0n) is 12.4. The third kappa shape index (κ3) is 2.14. The molecular weight excluding hydrogens is 299 g/mol. The van der Waals surface area contributed by atoms with Gasteiger partial charge in [-0.15, -0.1) is 0 Å². The summed E-state index contributed by atoms with van der Waals surface area (Å²) in [5.74, 6) is 0.886. The molecule has 0 N–H and O–H groups in total. The van der Waals surface area contributed by atoms with E-state index in [2.05, 4.69) is 4.98 Å². The van der Waals surface area contributed by atoms with Crippen molar-refractivity contribution in [3.63, 3.8) is 0 Å². The van der Waals surface area contributed by atoms with Crippen LogP contribution in [-0.2, 0) is 6.54 Å². The molecule has 0 saturated carbocycles. The van der Waals surface area contributed by atoms with Crippen molar-refractivity contribution in [1.82, 2.24) is 9.55 Å². The Bertz CT molecular complexity index is 964. The Kier molecular flexibility index (Phi) is 3.04. The van der Waals surface area contributed by atoms with E-state index < -0.39 is 0 Å². The molecule has 0 radical (unpaired) electrons. The molecule has 0 spiro atoms. The summed E-state index contributed by atoms with van der Waals surface area (Å²) in [6.45, 7) is 2.53. The number of hydrogen-bond donors (Lipinski definition) is 0. The molecule has 0 amide bonds. The van der Waals surface area contributed by atoms with Gasteiger partial charge >= 0.3 is 5.69 Å². The summed E-state index contributed by atoms with van der Waals surface area (Å²) >= 11 is 0. The molecule has 116 valence electrons. The second-order valence-corrected chi connectivity index (χ2v) is 5.22. The van der Waals surface area contributed by atoms with Crippen molar-refractivity contribution in [2.24, 2.45) is 0 Å². The van der Waals surface area contributed by atoms with E-state index in [9.17, 15) is 9.18 Å². The quantitative estimate of drug-likeness (QED) is 0.730. The third-order valence-electron chi connectivity index (χ3n) is 3.91. The van der Waals surface area contributed by atoms with Gasteiger partial charge in [0.1, 0.15) is 5.82 Å². The Morgan fingerprint density at radius 3 is 2.57 bits per heavy atom. The average Bonchev–Trinajstić information content (AvgIpc) is 3.01. The number of hydrogen-bond acceptors (Lipinski definition) is 4. The zero-order chi connectivity index (χ0) is 16.0. The van der Waals surface area contributed by atoms with Crippen molar-refractivity contribution in [2.45, 2.75) is 13.5 Å². The number of aryl methyl sites for hydroxylation is 1. The number of rotatable bonds is 2. The lowest BCUT2D eigenvalue weighted by Gasteiger charge is -2.12. The molecule has 1 aromatic heterocycles. The van der Waals surface area contributed by atoms with Crippen molar-refractivity contribution >= 4 is 10.9 Å². The van der Waals surface area contributed by atoms with E-state index in [0.717, 1.165) is 10.9 Å². The molecule has 0 atom stereocenters. The molecule has 4 rings (SSSR count). The van der Waals surface area contributed by atoms with Crippen LogP contribution in [0.4, 0.5) is 4.39 Å². The molecule has 0 saturated heterocycles. The van der Waals surface area contributed by atoms with Crippen LogP contribution in [0.2, 0.25) is 0 Å². The van der Waals surface area contributed by atoms with Crippen LogP contribution in [0.25, 0.3) is 22.2 Å². The lowest BCUT2D eigenvalue weighted by Crippen LogP contribution is -2.23. The van der Waals surface area contributed by atoms with Gasteiger partial charge in [0.05, 0.1) is 11.2 Å². The smallest absolute Gasteiger partial charge is 0.348 e. The minimum atomic E-state index is -0.349. The fourth-order valence-electron chi connectivity index (χ4n) is 2.80. The monoisotopic (exact) mass is 312 g/mol. The molecule has 23 heavy (non-hydrogen) atoms. The van der Waals surface area contributed by atoms with Gasteiger partial charge in [0, 0.05) is 23.6 Å². The molecule has 1 aliphatic heterocycles. The van der Waals surface area contributed by atoms with E-state index in [1.165, 1.54) is 12.1 Å². The molecule has 3 aromatic rings. The van der Waals surface area contributed by atoms with Crippen molar-refractivity contribution in [2.75, 3.05) is 6.79 Å². The maximum atomic E-state index is 13.2. The predicted molar refractivity (Wildman–Crippen MR) is 83.2 cm³/mol. The molecule has 5 nitrogen and oxygen atoms in total. The summed E-state index contributed by atoms with van der Waals surface area (Å²) < 4.78 is 25.6. The summed E-state index contributed by atoms with van der Waals surface area (Å²) in [5, 5.41) is 0.766. The number of benzene rings is 2. The van der Waals surface area contributed by atoms with Crippen molar-refractivity contribution in [3.8, 4) is 22.8 Å². The Morgan fingerprint density at radius 2 is 1.87 bits per heavy atom. The number of halogens is 1. The number of fused-ring (bicyclic) bond motifs is 2. The first-order valence-corrected chi connectivity index (χ1v) is 7.27. The van der Waals surface area contributed by atoms with Crippen LogP contribution in [0.3, 0.4) is 0 Å². The molecule has 2 heterocycles. The Balaban J connectivity index is 2.08. The first kappa shape index (κ1) is 13.8. The number of aromatic nitrogens is 2. The first-order chi connectivity index (χ1) is 11.2. The van der Waals surface area contributed by atoms with E-state index in [0.29, 0.717) is 29.3 Å². The fraction of sp³-hybridized carbons (Fsp3) is 0.176. The maximum Gasteiger partial charge on any atom is 0.348 e. The van der Waals surface area contributed by atoms with Crippen LogP contribution < -0.4 is 15.2 Å². The predicted octanol–water partition coefficient (Wildman–Crippen LogP) is 2.95. The van der Waals surface area contributed by atoms with E-state index >= 15 is 0 Å². The van der Waals surface area contributed by atoms with Gasteiger partial charge in [-0.3, -0.25) is 4.57 Å². The molecule has 0 aliphatic carbocycles. The normalized spacial score (nSPS) is 12.8. The standard InChI is InChI=1S/C17H13FN2O3/c1-2-20-13-8-15-14(22-9-23-15)7-12(13)16(19-17(20)21)10-3-5-11(18)6-4-10/h3-8H,2,9H2,1H3. The fourth-order valence-corrected chi connectivity index (χ4v) is 2.80. The highest BCUT2D eigenvalue weighted by Crippen LogP contribution is 2.38. The van der Waals surface area contributed by atoms with Crippen LogP contribution in [-0.4, -0.2) is 16.3 Å². The second-order valence-electron chi connectivity index (χ2n) is 5.22. The lowest BCUT2D eigenvalue weighted by molar-refractivity contribution is 0.174. The maximum absolute atomic E-state index is 13.2. The summed E-state index contributed by atoms with van der Waals surface area (Å²) in [4.78, 5) is 16.5. The van der Waals surface area contributed by atoms with E-state index in [1.54, 1.807) is 22.8 Å². The summed E-state index contributed by atoms with van der Waals surface area (Å²) in [6.07, 6.45) is 0. The van der Waals surface area contributed by atoms with Crippen LogP contribution in [0.5, 0.6) is 11.5 Å². The van der Waals surface area contributed by atoms with Gasteiger partial charge in [0.25, 0.3) is 0 Å². The summed E-state index contributed by atoms with van der Waals surface area (Å²) in [6, 6.07) is 9.52. The Morgan fingerprint density at radius 1 is 1.17 bits per heavy atom. The van der Waals surface area contributed by atoms with Gasteiger partial charge in [-0.05, 0) is 37.3 Å². The minimum Gasteiger partial charge on any atom is -0.454 e. The number of ether oxygens (including phenoxy) is 2. The SMILES string of the molecule is CCn1c(=O)nc(-c2ccc(F)cc2)c2cc3c(cc21)OCO3. The topological polar surface area (TPSA) is 53.4 Å². The molecular formula is C17H13FN2O3.